The lowest BCUT2D eigenvalue weighted by atomic mass is 10.1. The van der Waals surface area contributed by atoms with E-state index in [1.165, 1.54) is 11.0 Å². The van der Waals surface area contributed by atoms with Crippen LogP contribution in [-0.2, 0) is 0 Å². The van der Waals surface area contributed by atoms with E-state index in [0.717, 1.165) is 0 Å². The van der Waals surface area contributed by atoms with Crippen LogP contribution in [0.4, 0.5) is 0 Å². The summed E-state index contributed by atoms with van der Waals surface area (Å²) in [5.74, 6) is -0.323. The summed E-state index contributed by atoms with van der Waals surface area (Å²) in [5.41, 5.74) is 5.62. The van der Waals surface area contributed by atoms with E-state index in [-0.39, 0.29) is 35.5 Å². The number of benzene rings is 1. The van der Waals surface area contributed by atoms with Crippen LogP contribution in [0.25, 0.3) is 0 Å². The minimum atomic E-state index is -0.314. The standard InChI is InChI=1S/C12H17N3O3/c1-8(7-11(13)14-18)15(2)12(17)9-5-3-4-6-10(9)16/h3-6,8,16,18H,7H2,1-2H3,(H2,13,14). The maximum absolute atomic E-state index is 12.1. The van der Waals surface area contributed by atoms with Gasteiger partial charge in [-0.15, -0.1) is 0 Å². The molecular formula is C12H17N3O3. The predicted molar refractivity (Wildman–Crippen MR) is 67.7 cm³/mol. The summed E-state index contributed by atoms with van der Waals surface area (Å²) in [5, 5.41) is 21.0. The number of hydrogen-bond acceptors (Lipinski definition) is 4. The third-order valence-electron chi connectivity index (χ3n) is 2.75. The summed E-state index contributed by atoms with van der Waals surface area (Å²) in [6.07, 6.45) is 0.256. The molecule has 0 aliphatic carbocycles. The number of carbonyl (C=O) groups excluding carboxylic acids is 1. The quantitative estimate of drug-likeness (QED) is 0.321. The van der Waals surface area contributed by atoms with E-state index in [2.05, 4.69) is 5.16 Å². The van der Waals surface area contributed by atoms with Gasteiger partial charge in [0.1, 0.15) is 11.6 Å². The van der Waals surface area contributed by atoms with Gasteiger partial charge in [-0.25, -0.2) is 0 Å². The fourth-order valence-electron chi connectivity index (χ4n) is 1.53. The second-order valence-electron chi connectivity index (χ2n) is 4.08. The van der Waals surface area contributed by atoms with Crippen molar-refractivity contribution in [3.63, 3.8) is 0 Å². The van der Waals surface area contributed by atoms with Crippen LogP contribution in [-0.4, -0.2) is 40.0 Å². The number of oxime groups is 1. The molecule has 1 unspecified atom stereocenters. The van der Waals surface area contributed by atoms with Crippen LogP contribution in [0, 0.1) is 0 Å². The number of rotatable bonds is 4. The van der Waals surface area contributed by atoms with Crippen LogP contribution in [0.15, 0.2) is 29.4 Å². The molecule has 1 amide bonds. The third kappa shape index (κ3) is 3.13. The molecule has 6 nitrogen and oxygen atoms in total. The number of phenols is 1. The number of nitrogens with zero attached hydrogens (tertiary/aromatic N) is 2. The molecule has 0 saturated heterocycles. The lowest BCUT2D eigenvalue weighted by molar-refractivity contribution is 0.0744. The zero-order valence-electron chi connectivity index (χ0n) is 10.4. The first kappa shape index (κ1) is 13.8. The Morgan fingerprint density at radius 3 is 2.67 bits per heavy atom. The second-order valence-corrected chi connectivity index (χ2v) is 4.08. The molecule has 1 aromatic carbocycles. The Morgan fingerprint density at radius 2 is 2.11 bits per heavy atom. The summed E-state index contributed by atoms with van der Waals surface area (Å²) < 4.78 is 0. The van der Waals surface area contributed by atoms with Crippen LogP contribution < -0.4 is 5.73 Å². The first-order valence-corrected chi connectivity index (χ1v) is 5.49. The van der Waals surface area contributed by atoms with Crippen LogP contribution in [0.2, 0.25) is 0 Å². The Morgan fingerprint density at radius 1 is 1.50 bits per heavy atom. The highest BCUT2D eigenvalue weighted by molar-refractivity contribution is 5.97. The van der Waals surface area contributed by atoms with Crippen LogP contribution in [0.5, 0.6) is 5.75 Å². The van der Waals surface area contributed by atoms with Crippen molar-refractivity contribution < 1.29 is 15.1 Å². The molecule has 0 aliphatic heterocycles. The highest BCUT2D eigenvalue weighted by Crippen LogP contribution is 2.18. The van der Waals surface area contributed by atoms with Gasteiger partial charge in [0.2, 0.25) is 0 Å². The van der Waals surface area contributed by atoms with E-state index in [1.54, 1.807) is 32.2 Å². The molecule has 1 atom stereocenters. The summed E-state index contributed by atoms with van der Waals surface area (Å²) >= 11 is 0. The van der Waals surface area contributed by atoms with Gasteiger partial charge in [-0.2, -0.15) is 0 Å². The minimum absolute atomic E-state index is 0.0550. The molecule has 18 heavy (non-hydrogen) atoms. The SMILES string of the molecule is CC(CC(N)=NO)N(C)C(=O)c1ccccc1O. The lowest BCUT2D eigenvalue weighted by Gasteiger charge is -2.24. The molecule has 1 aromatic rings. The molecule has 0 spiro atoms. The Labute approximate surface area is 105 Å². The summed E-state index contributed by atoms with van der Waals surface area (Å²) in [4.78, 5) is 13.5. The monoisotopic (exact) mass is 251 g/mol. The number of para-hydroxylation sites is 1. The third-order valence-corrected chi connectivity index (χ3v) is 2.75. The van der Waals surface area contributed by atoms with E-state index >= 15 is 0 Å². The van der Waals surface area contributed by atoms with Crippen molar-refractivity contribution in [3.05, 3.63) is 29.8 Å². The predicted octanol–water partition coefficient (Wildman–Crippen LogP) is 0.989. The second kappa shape index (κ2) is 5.90. The molecule has 0 fully saturated rings. The van der Waals surface area contributed by atoms with E-state index in [4.69, 9.17) is 10.9 Å². The van der Waals surface area contributed by atoms with E-state index in [1.807, 2.05) is 0 Å². The molecule has 0 radical (unpaired) electrons. The van der Waals surface area contributed by atoms with Crippen molar-refractivity contribution in [1.82, 2.24) is 4.90 Å². The normalized spacial score (nSPS) is 13.1. The van der Waals surface area contributed by atoms with Crippen LogP contribution in [0.1, 0.15) is 23.7 Å². The zero-order chi connectivity index (χ0) is 13.7. The highest BCUT2D eigenvalue weighted by atomic mass is 16.4. The molecule has 0 aromatic heterocycles. The Hall–Kier alpha value is -2.24. The van der Waals surface area contributed by atoms with E-state index in [9.17, 15) is 9.90 Å². The number of hydrogen-bond donors (Lipinski definition) is 3. The molecule has 0 bridgehead atoms. The number of phenolic OH excluding ortho intramolecular Hbond substituents is 1. The first-order chi connectivity index (χ1) is 8.47. The van der Waals surface area contributed by atoms with Crippen molar-refractivity contribution in [2.75, 3.05) is 7.05 Å². The largest absolute Gasteiger partial charge is 0.507 e. The molecule has 0 heterocycles. The fourth-order valence-corrected chi connectivity index (χ4v) is 1.53. The molecule has 0 aliphatic rings. The number of aromatic hydroxyl groups is 1. The Bertz CT molecular complexity index is 460. The first-order valence-electron chi connectivity index (χ1n) is 5.49. The van der Waals surface area contributed by atoms with Crippen LogP contribution in [0.3, 0.4) is 0 Å². The molecule has 98 valence electrons. The highest BCUT2D eigenvalue weighted by Gasteiger charge is 2.20. The smallest absolute Gasteiger partial charge is 0.257 e. The summed E-state index contributed by atoms with van der Waals surface area (Å²) in [6, 6.07) is 6.08. The van der Waals surface area contributed by atoms with Gasteiger partial charge in [0.25, 0.3) is 5.91 Å². The average molecular weight is 251 g/mol. The lowest BCUT2D eigenvalue weighted by Crippen LogP contribution is -2.37. The Kier molecular flexibility index (Phi) is 4.53. The van der Waals surface area contributed by atoms with E-state index in [0.29, 0.717) is 0 Å². The van der Waals surface area contributed by atoms with Crippen molar-refractivity contribution >= 4 is 11.7 Å². The minimum Gasteiger partial charge on any atom is -0.507 e. The van der Waals surface area contributed by atoms with Gasteiger partial charge in [-0.3, -0.25) is 4.79 Å². The Balaban J connectivity index is 2.81. The number of amides is 1. The number of amidine groups is 1. The van der Waals surface area contributed by atoms with Crippen molar-refractivity contribution in [1.29, 1.82) is 0 Å². The van der Waals surface area contributed by atoms with Gasteiger partial charge >= 0.3 is 0 Å². The topological polar surface area (TPSA) is 99.2 Å². The number of nitrogens with two attached hydrogens (primary N) is 1. The van der Waals surface area contributed by atoms with Crippen molar-refractivity contribution in [3.8, 4) is 5.75 Å². The van der Waals surface area contributed by atoms with Gasteiger partial charge in [0, 0.05) is 19.5 Å². The summed E-state index contributed by atoms with van der Waals surface area (Å²) in [7, 11) is 1.60. The average Bonchev–Trinajstić information content (AvgIpc) is 2.37. The number of carbonyl (C=O) groups is 1. The molecule has 1 rings (SSSR count). The van der Waals surface area contributed by atoms with Gasteiger partial charge < -0.3 is 20.9 Å². The maximum atomic E-state index is 12.1. The van der Waals surface area contributed by atoms with Gasteiger partial charge in [0.05, 0.1) is 5.56 Å². The summed E-state index contributed by atoms with van der Waals surface area (Å²) in [6.45, 7) is 1.77. The van der Waals surface area contributed by atoms with Gasteiger partial charge in [-0.1, -0.05) is 17.3 Å². The van der Waals surface area contributed by atoms with Crippen molar-refractivity contribution in [2.45, 2.75) is 19.4 Å². The molecule has 4 N–H and O–H groups in total. The van der Waals surface area contributed by atoms with E-state index < -0.39 is 0 Å². The van der Waals surface area contributed by atoms with Crippen molar-refractivity contribution in [2.24, 2.45) is 10.9 Å². The fraction of sp³-hybridized carbons (Fsp3) is 0.333. The van der Waals surface area contributed by atoms with Gasteiger partial charge in [-0.05, 0) is 19.1 Å². The zero-order valence-corrected chi connectivity index (χ0v) is 10.4. The molecular weight excluding hydrogens is 234 g/mol. The molecule has 0 saturated carbocycles. The maximum Gasteiger partial charge on any atom is 0.257 e. The van der Waals surface area contributed by atoms with Gasteiger partial charge in [0.15, 0.2) is 0 Å². The molecule has 6 heteroatoms. The van der Waals surface area contributed by atoms with Crippen LogP contribution >= 0.6 is 0 Å².